The average molecular weight is 437 g/mol. The second-order valence-corrected chi connectivity index (χ2v) is 10.0. The van der Waals surface area contributed by atoms with Gasteiger partial charge in [-0.3, -0.25) is 14.5 Å². The van der Waals surface area contributed by atoms with Crippen LogP contribution in [-0.2, 0) is 19.6 Å². The highest BCUT2D eigenvalue weighted by molar-refractivity contribution is 7.89. The Morgan fingerprint density at radius 2 is 1.90 bits per heavy atom. The molecule has 0 spiro atoms. The lowest BCUT2D eigenvalue weighted by atomic mass is 9.96. The molecule has 2 aliphatic heterocycles. The number of benzene rings is 1. The molecule has 1 aromatic rings. The van der Waals surface area contributed by atoms with E-state index in [1.165, 1.54) is 9.21 Å². The molecule has 0 aliphatic carbocycles. The topological polar surface area (TPSA) is 90.0 Å². The fourth-order valence-corrected chi connectivity index (χ4v) is 5.76. The van der Waals surface area contributed by atoms with Crippen molar-refractivity contribution in [3.05, 3.63) is 18.2 Å². The van der Waals surface area contributed by atoms with Crippen LogP contribution in [0.25, 0.3) is 0 Å². The molecule has 0 bridgehead atoms. The van der Waals surface area contributed by atoms with Crippen LogP contribution in [0.1, 0.15) is 47.0 Å². The lowest BCUT2D eigenvalue weighted by Gasteiger charge is -2.45. The molecule has 1 unspecified atom stereocenters. The minimum atomic E-state index is -3.68. The summed E-state index contributed by atoms with van der Waals surface area (Å²) in [6.45, 7) is 8.67. The Morgan fingerprint density at radius 3 is 2.53 bits per heavy atom. The summed E-state index contributed by atoms with van der Waals surface area (Å²) in [6.07, 6.45) is 2.68. The van der Waals surface area contributed by atoms with Crippen molar-refractivity contribution in [2.24, 2.45) is 0 Å². The van der Waals surface area contributed by atoms with E-state index in [1.807, 2.05) is 13.8 Å². The van der Waals surface area contributed by atoms with Crippen LogP contribution in [0.15, 0.2) is 23.1 Å². The Morgan fingerprint density at radius 1 is 1.20 bits per heavy atom. The third-order valence-electron chi connectivity index (χ3n) is 5.70. The molecule has 3 rings (SSSR count). The Bertz CT molecular complexity index is 912. The van der Waals surface area contributed by atoms with E-state index in [2.05, 4.69) is 10.2 Å². The lowest BCUT2D eigenvalue weighted by molar-refractivity contribution is -0.125. The molecule has 0 radical (unpaired) electrons. The molecule has 0 aromatic heterocycles. The van der Waals surface area contributed by atoms with E-state index >= 15 is 0 Å². The van der Waals surface area contributed by atoms with E-state index < -0.39 is 10.0 Å². The second kappa shape index (κ2) is 8.93. The van der Waals surface area contributed by atoms with Crippen molar-refractivity contribution in [2.75, 3.05) is 36.0 Å². The van der Waals surface area contributed by atoms with Gasteiger partial charge in [-0.2, -0.15) is 4.31 Å². The van der Waals surface area contributed by atoms with Gasteiger partial charge in [0.1, 0.15) is 12.6 Å². The molecule has 0 saturated carbocycles. The number of nitrogens with one attached hydrogen (secondary N) is 1. The van der Waals surface area contributed by atoms with Gasteiger partial charge in [0, 0.05) is 25.7 Å². The summed E-state index contributed by atoms with van der Waals surface area (Å²) in [5, 5.41) is 2.82. The predicted octanol–water partition coefficient (Wildman–Crippen LogP) is 1.95. The van der Waals surface area contributed by atoms with Gasteiger partial charge in [-0.15, -0.1) is 0 Å². The van der Waals surface area contributed by atoms with Gasteiger partial charge in [-0.25, -0.2) is 8.42 Å². The number of hydrogen-bond acceptors (Lipinski definition) is 5. The van der Waals surface area contributed by atoms with Gasteiger partial charge in [-0.05, 0) is 51.3 Å². The highest BCUT2D eigenvalue weighted by Crippen LogP contribution is 2.40. The number of carbonyl (C=O) groups is 2. The van der Waals surface area contributed by atoms with Crippen molar-refractivity contribution >= 4 is 33.2 Å². The van der Waals surface area contributed by atoms with Gasteiger partial charge >= 0.3 is 0 Å². The zero-order chi connectivity index (χ0) is 22.1. The van der Waals surface area contributed by atoms with E-state index in [0.29, 0.717) is 18.8 Å². The quantitative estimate of drug-likeness (QED) is 0.706. The zero-order valence-corrected chi connectivity index (χ0v) is 19.0. The summed E-state index contributed by atoms with van der Waals surface area (Å²) in [7, 11) is -3.68. The standard InChI is InChI=1S/C21H32N4O4S/c1-5-23(6-2)30(28,29)16-10-11-17-19(13-16)25(14-20(26)22-15(3)4)21(27)18-9-7-8-12-24(17)18/h10-11,13,15,18H,5-9,12,14H2,1-4H3,(H,22,26). The molecule has 2 aliphatic rings. The van der Waals surface area contributed by atoms with E-state index in [4.69, 9.17) is 0 Å². The molecule has 1 saturated heterocycles. The first-order valence-corrected chi connectivity index (χ1v) is 12.2. The number of rotatable bonds is 7. The Hall–Kier alpha value is -2.13. The van der Waals surface area contributed by atoms with Gasteiger partial charge in [0.05, 0.1) is 16.3 Å². The molecule has 1 N–H and O–H groups in total. The number of hydrogen-bond donors (Lipinski definition) is 1. The van der Waals surface area contributed by atoms with Crippen LogP contribution in [-0.4, -0.2) is 62.8 Å². The van der Waals surface area contributed by atoms with Crippen molar-refractivity contribution in [2.45, 2.75) is 63.9 Å². The molecule has 166 valence electrons. The summed E-state index contributed by atoms with van der Waals surface area (Å²) in [4.78, 5) is 29.4. The fraction of sp³-hybridized carbons (Fsp3) is 0.619. The molecule has 2 heterocycles. The van der Waals surface area contributed by atoms with Crippen LogP contribution in [0.4, 0.5) is 11.4 Å². The number of nitrogens with zero attached hydrogens (tertiary/aromatic N) is 3. The highest BCUT2D eigenvalue weighted by atomic mass is 32.2. The molecule has 1 atom stereocenters. The van der Waals surface area contributed by atoms with Crippen LogP contribution < -0.4 is 15.1 Å². The summed E-state index contributed by atoms with van der Waals surface area (Å²) >= 11 is 0. The lowest BCUT2D eigenvalue weighted by Crippen LogP contribution is -2.57. The molecular formula is C21H32N4O4S. The first kappa shape index (κ1) is 22.6. The van der Waals surface area contributed by atoms with Gasteiger partial charge < -0.3 is 10.2 Å². The molecule has 9 heteroatoms. The Balaban J connectivity index is 2.07. The molecule has 1 aromatic carbocycles. The minimum Gasteiger partial charge on any atom is -0.358 e. The Kier molecular flexibility index (Phi) is 6.71. The molecule has 8 nitrogen and oxygen atoms in total. The van der Waals surface area contributed by atoms with Gasteiger partial charge in [0.2, 0.25) is 21.8 Å². The number of anilines is 2. The summed E-state index contributed by atoms with van der Waals surface area (Å²) in [6, 6.07) is 4.60. The third-order valence-corrected chi connectivity index (χ3v) is 7.74. The maximum Gasteiger partial charge on any atom is 0.250 e. The summed E-state index contributed by atoms with van der Waals surface area (Å²) in [5.74, 6) is -0.399. The average Bonchev–Trinajstić information content (AvgIpc) is 2.71. The largest absolute Gasteiger partial charge is 0.358 e. The van der Waals surface area contributed by atoms with Crippen molar-refractivity contribution in [3.8, 4) is 0 Å². The van der Waals surface area contributed by atoms with Gasteiger partial charge in [0.15, 0.2) is 0 Å². The highest BCUT2D eigenvalue weighted by Gasteiger charge is 2.40. The number of sulfonamides is 1. The van der Waals surface area contributed by atoms with E-state index in [-0.39, 0.29) is 35.3 Å². The van der Waals surface area contributed by atoms with Crippen molar-refractivity contribution in [1.82, 2.24) is 9.62 Å². The van der Waals surface area contributed by atoms with E-state index in [0.717, 1.165) is 31.5 Å². The van der Waals surface area contributed by atoms with Crippen LogP contribution in [0.5, 0.6) is 0 Å². The maximum atomic E-state index is 13.3. The first-order valence-electron chi connectivity index (χ1n) is 10.7. The number of amides is 2. The number of fused-ring (bicyclic) bond motifs is 3. The molecule has 2 amide bonds. The third kappa shape index (κ3) is 4.18. The van der Waals surface area contributed by atoms with E-state index in [1.54, 1.807) is 32.0 Å². The van der Waals surface area contributed by atoms with E-state index in [9.17, 15) is 18.0 Å². The molecular weight excluding hydrogens is 404 g/mol. The van der Waals surface area contributed by atoms with Crippen molar-refractivity contribution in [1.29, 1.82) is 0 Å². The van der Waals surface area contributed by atoms with Crippen LogP contribution in [0, 0.1) is 0 Å². The van der Waals surface area contributed by atoms with Gasteiger partial charge in [-0.1, -0.05) is 13.8 Å². The monoisotopic (exact) mass is 436 g/mol. The smallest absolute Gasteiger partial charge is 0.250 e. The van der Waals surface area contributed by atoms with Gasteiger partial charge in [0.25, 0.3) is 0 Å². The zero-order valence-electron chi connectivity index (χ0n) is 18.2. The van der Waals surface area contributed by atoms with Crippen LogP contribution >= 0.6 is 0 Å². The summed E-state index contributed by atoms with van der Waals surface area (Å²) in [5.41, 5.74) is 1.31. The molecule has 30 heavy (non-hydrogen) atoms. The van der Waals surface area contributed by atoms with Crippen LogP contribution in [0.2, 0.25) is 0 Å². The van der Waals surface area contributed by atoms with Crippen LogP contribution in [0.3, 0.4) is 0 Å². The number of carbonyl (C=O) groups excluding carboxylic acids is 2. The SMILES string of the molecule is CCN(CC)S(=O)(=O)c1ccc2c(c1)N(CC(=O)NC(C)C)C(=O)C1CCCCN21. The number of piperidine rings is 1. The Labute approximate surface area is 179 Å². The summed E-state index contributed by atoms with van der Waals surface area (Å²) < 4.78 is 27.5. The molecule has 1 fully saturated rings. The second-order valence-electron chi connectivity index (χ2n) is 8.09. The maximum absolute atomic E-state index is 13.3. The minimum absolute atomic E-state index is 0.0441. The fourth-order valence-electron chi connectivity index (χ4n) is 4.28. The van der Waals surface area contributed by atoms with Crippen molar-refractivity contribution < 1.29 is 18.0 Å². The first-order chi connectivity index (χ1) is 14.2. The van der Waals surface area contributed by atoms with Crippen molar-refractivity contribution in [3.63, 3.8) is 0 Å². The normalized spacial score (nSPS) is 19.1. The predicted molar refractivity (Wildman–Crippen MR) is 117 cm³/mol.